The number of benzene rings is 4. The normalized spacial score (nSPS) is 11.5. The Morgan fingerprint density at radius 2 is 1.25 bits per heavy atom. The van der Waals surface area contributed by atoms with Crippen molar-refractivity contribution in [2.75, 3.05) is 5.73 Å². The van der Waals surface area contributed by atoms with Crippen molar-refractivity contribution in [3.8, 4) is 11.1 Å². The number of nitrogens with two attached hydrogens (primary N) is 1. The van der Waals surface area contributed by atoms with Gasteiger partial charge >= 0.3 is 0 Å². The molecular weight excluding hydrogens is 294 g/mol. The van der Waals surface area contributed by atoms with Gasteiger partial charge in [0.25, 0.3) is 0 Å². The molecule has 5 aromatic rings. The fourth-order valence-corrected chi connectivity index (χ4v) is 3.51. The topological polar surface area (TPSA) is 39.2 Å². The number of rotatable bonds is 1. The summed E-state index contributed by atoms with van der Waals surface area (Å²) in [5, 5.41) is 4.53. The third kappa shape index (κ3) is 1.77. The van der Waals surface area contributed by atoms with Crippen LogP contribution in [0.25, 0.3) is 43.8 Å². The highest BCUT2D eigenvalue weighted by Crippen LogP contribution is 2.40. The number of furan rings is 1. The lowest BCUT2D eigenvalue weighted by Gasteiger charge is -2.10. The van der Waals surface area contributed by atoms with Gasteiger partial charge in [0, 0.05) is 27.4 Å². The fourth-order valence-electron chi connectivity index (χ4n) is 3.51. The van der Waals surface area contributed by atoms with Crippen LogP contribution in [0.15, 0.2) is 83.3 Å². The highest BCUT2D eigenvalue weighted by molar-refractivity contribution is 6.19. The van der Waals surface area contributed by atoms with E-state index < -0.39 is 0 Å². The van der Waals surface area contributed by atoms with Crippen molar-refractivity contribution in [2.24, 2.45) is 0 Å². The van der Waals surface area contributed by atoms with Crippen LogP contribution in [0.3, 0.4) is 0 Å². The largest absolute Gasteiger partial charge is 0.455 e. The van der Waals surface area contributed by atoms with Gasteiger partial charge in [-0.3, -0.25) is 0 Å². The predicted octanol–water partition coefficient (Wildman–Crippen LogP) is 5.99. The van der Waals surface area contributed by atoms with Crippen LogP contribution < -0.4 is 5.73 Å². The zero-order chi connectivity index (χ0) is 16.1. The number of hydrogen-bond donors (Lipinski definition) is 1. The Morgan fingerprint density at radius 3 is 2.08 bits per heavy atom. The Bertz CT molecular complexity index is 1220. The summed E-state index contributed by atoms with van der Waals surface area (Å²) in [7, 11) is 0. The van der Waals surface area contributed by atoms with Gasteiger partial charge in [0.15, 0.2) is 0 Å². The highest BCUT2D eigenvalue weighted by atomic mass is 16.3. The van der Waals surface area contributed by atoms with Crippen molar-refractivity contribution in [3.05, 3.63) is 78.9 Å². The molecule has 0 saturated heterocycles. The molecule has 0 spiro atoms. The van der Waals surface area contributed by atoms with Gasteiger partial charge in [-0.05, 0) is 29.1 Å². The SMILES string of the molecule is Nc1ccccc1-c1cc2c3ccccc3oc2c2ccccc12. The molecule has 0 atom stereocenters. The van der Waals surface area contributed by atoms with Crippen LogP contribution in [-0.4, -0.2) is 0 Å². The van der Waals surface area contributed by atoms with Crippen molar-refractivity contribution < 1.29 is 4.42 Å². The molecule has 2 N–H and O–H groups in total. The van der Waals surface area contributed by atoms with Crippen LogP contribution in [-0.2, 0) is 0 Å². The Hall–Kier alpha value is -3.26. The van der Waals surface area contributed by atoms with Crippen molar-refractivity contribution in [1.82, 2.24) is 0 Å². The fraction of sp³-hybridized carbons (Fsp3) is 0. The van der Waals surface area contributed by atoms with E-state index >= 15 is 0 Å². The van der Waals surface area contributed by atoms with E-state index in [-0.39, 0.29) is 0 Å². The van der Waals surface area contributed by atoms with Crippen LogP contribution in [0, 0.1) is 0 Å². The maximum Gasteiger partial charge on any atom is 0.143 e. The summed E-state index contributed by atoms with van der Waals surface area (Å²) in [5.74, 6) is 0. The third-order valence-electron chi connectivity index (χ3n) is 4.64. The summed E-state index contributed by atoms with van der Waals surface area (Å²) in [5.41, 5.74) is 11.1. The van der Waals surface area contributed by atoms with Crippen molar-refractivity contribution in [2.45, 2.75) is 0 Å². The van der Waals surface area contributed by atoms with Gasteiger partial charge in [-0.25, -0.2) is 0 Å². The molecule has 0 unspecified atom stereocenters. The van der Waals surface area contributed by atoms with Gasteiger partial charge in [-0.2, -0.15) is 0 Å². The summed E-state index contributed by atoms with van der Waals surface area (Å²) in [6.07, 6.45) is 0. The molecule has 24 heavy (non-hydrogen) atoms. The first kappa shape index (κ1) is 13.2. The summed E-state index contributed by atoms with van der Waals surface area (Å²) in [4.78, 5) is 0. The highest BCUT2D eigenvalue weighted by Gasteiger charge is 2.15. The monoisotopic (exact) mass is 309 g/mol. The van der Waals surface area contributed by atoms with E-state index in [1.54, 1.807) is 0 Å². The van der Waals surface area contributed by atoms with Crippen molar-refractivity contribution in [3.63, 3.8) is 0 Å². The van der Waals surface area contributed by atoms with Gasteiger partial charge in [0.05, 0.1) is 0 Å². The molecule has 2 heteroatoms. The second-order valence-electron chi connectivity index (χ2n) is 6.03. The van der Waals surface area contributed by atoms with E-state index in [0.29, 0.717) is 0 Å². The van der Waals surface area contributed by atoms with Gasteiger partial charge in [0.1, 0.15) is 11.2 Å². The van der Waals surface area contributed by atoms with E-state index in [2.05, 4.69) is 36.4 Å². The van der Waals surface area contributed by atoms with Crippen LogP contribution in [0.5, 0.6) is 0 Å². The number of anilines is 1. The molecule has 0 fully saturated rings. The number of para-hydroxylation sites is 2. The minimum absolute atomic E-state index is 0.787. The summed E-state index contributed by atoms with van der Waals surface area (Å²) >= 11 is 0. The first-order valence-corrected chi connectivity index (χ1v) is 8.01. The second kappa shape index (κ2) is 4.87. The van der Waals surface area contributed by atoms with E-state index in [1.807, 2.05) is 42.5 Å². The van der Waals surface area contributed by atoms with Gasteiger partial charge in [0.2, 0.25) is 0 Å². The average Bonchev–Trinajstić information content (AvgIpc) is 3.01. The second-order valence-corrected chi connectivity index (χ2v) is 6.03. The Kier molecular flexibility index (Phi) is 2.68. The molecule has 0 aliphatic carbocycles. The van der Waals surface area contributed by atoms with Crippen LogP contribution in [0.2, 0.25) is 0 Å². The Morgan fingerprint density at radius 1 is 0.583 bits per heavy atom. The standard InChI is InChI=1S/C22H15NO/c23-20-11-5-3-8-15(20)18-13-19-16-9-4-6-12-21(16)24-22(19)17-10-2-1-7-14(17)18/h1-13H,23H2. The van der Waals surface area contributed by atoms with Crippen LogP contribution in [0.1, 0.15) is 0 Å². The molecule has 114 valence electrons. The summed E-state index contributed by atoms with van der Waals surface area (Å²) in [6.45, 7) is 0. The average molecular weight is 309 g/mol. The van der Waals surface area contributed by atoms with E-state index in [4.69, 9.17) is 10.2 Å². The molecule has 0 aliphatic heterocycles. The molecule has 1 heterocycles. The van der Waals surface area contributed by atoms with Gasteiger partial charge in [-0.15, -0.1) is 0 Å². The zero-order valence-corrected chi connectivity index (χ0v) is 13.0. The van der Waals surface area contributed by atoms with Crippen LogP contribution >= 0.6 is 0 Å². The third-order valence-corrected chi connectivity index (χ3v) is 4.64. The summed E-state index contributed by atoms with van der Waals surface area (Å²) < 4.78 is 6.16. The zero-order valence-electron chi connectivity index (χ0n) is 13.0. The number of hydrogen-bond acceptors (Lipinski definition) is 2. The van der Waals surface area contributed by atoms with Gasteiger partial charge < -0.3 is 10.2 Å². The first-order chi connectivity index (χ1) is 11.8. The van der Waals surface area contributed by atoms with Gasteiger partial charge in [-0.1, -0.05) is 60.7 Å². The molecule has 1 aromatic heterocycles. The Labute approximate surface area is 139 Å². The minimum atomic E-state index is 0.787. The number of nitrogen functional groups attached to an aromatic ring is 1. The van der Waals surface area contributed by atoms with Crippen molar-refractivity contribution >= 4 is 38.4 Å². The number of fused-ring (bicyclic) bond motifs is 5. The predicted molar refractivity (Wildman–Crippen MR) is 101 cm³/mol. The molecule has 0 aliphatic rings. The van der Waals surface area contributed by atoms with E-state index in [9.17, 15) is 0 Å². The molecule has 4 aromatic carbocycles. The molecule has 5 rings (SSSR count). The lowest BCUT2D eigenvalue weighted by molar-refractivity contribution is 0.672. The molecule has 0 radical (unpaired) electrons. The smallest absolute Gasteiger partial charge is 0.143 e. The molecular formula is C22H15NO. The first-order valence-electron chi connectivity index (χ1n) is 8.01. The van der Waals surface area contributed by atoms with Crippen molar-refractivity contribution in [1.29, 1.82) is 0 Å². The van der Waals surface area contributed by atoms with E-state index in [0.717, 1.165) is 49.5 Å². The molecule has 2 nitrogen and oxygen atoms in total. The molecule has 0 bridgehead atoms. The quantitative estimate of drug-likeness (QED) is 0.386. The molecule has 0 saturated carbocycles. The maximum atomic E-state index is 6.25. The lowest BCUT2D eigenvalue weighted by atomic mass is 9.94. The maximum absolute atomic E-state index is 6.25. The van der Waals surface area contributed by atoms with Crippen LogP contribution in [0.4, 0.5) is 5.69 Å². The Balaban J connectivity index is 2.02. The minimum Gasteiger partial charge on any atom is -0.455 e. The van der Waals surface area contributed by atoms with E-state index in [1.165, 1.54) is 0 Å². The molecule has 0 amide bonds. The lowest BCUT2D eigenvalue weighted by Crippen LogP contribution is -1.90. The summed E-state index contributed by atoms with van der Waals surface area (Å²) in [6, 6.07) is 26.7.